The Bertz CT molecular complexity index is 691. The van der Waals surface area contributed by atoms with Crippen LogP contribution in [0.3, 0.4) is 0 Å². The summed E-state index contributed by atoms with van der Waals surface area (Å²) >= 11 is 0. The predicted molar refractivity (Wildman–Crippen MR) is 85.9 cm³/mol. The highest BCUT2D eigenvalue weighted by Gasteiger charge is 2.36. The van der Waals surface area contributed by atoms with E-state index in [1.165, 1.54) is 0 Å². The second-order valence-electron chi connectivity index (χ2n) is 5.70. The zero-order valence-electron chi connectivity index (χ0n) is 12.6. The molecule has 23 heavy (non-hydrogen) atoms. The lowest BCUT2D eigenvalue weighted by molar-refractivity contribution is -0.128. The second kappa shape index (κ2) is 6.75. The fourth-order valence-corrected chi connectivity index (χ4v) is 2.82. The maximum Gasteiger partial charge on any atom is 0.338 e. The SMILES string of the molecule is O=C(OC1CCC(CO)C1=O)c1ccc(-c2ccccc2)cc1. The fourth-order valence-electron chi connectivity index (χ4n) is 2.82. The number of carbonyl (C=O) groups excluding carboxylic acids is 2. The number of aliphatic hydroxyl groups is 1. The van der Waals surface area contributed by atoms with Gasteiger partial charge in [-0.25, -0.2) is 4.79 Å². The Morgan fingerprint density at radius 1 is 1.00 bits per heavy atom. The average Bonchev–Trinajstić information content (AvgIpc) is 2.96. The third-order valence-corrected chi connectivity index (χ3v) is 4.19. The molecule has 1 N–H and O–H groups in total. The van der Waals surface area contributed by atoms with Crippen molar-refractivity contribution in [1.29, 1.82) is 0 Å². The van der Waals surface area contributed by atoms with Gasteiger partial charge in [-0.1, -0.05) is 42.5 Å². The lowest BCUT2D eigenvalue weighted by Crippen LogP contribution is -2.26. The lowest BCUT2D eigenvalue weighted by Gasteiger charge is -2.11. The first-order valence-electron chi connectivity index (χ1n) is 7.70. The van der Waals surface area contributed by atoms with Gasteiger partial charge in [0.2, 0.25) is 0 Å². The van der Waals surface area contributed by atoms with Gasteiger partial charge in [-0.15, -0.1) is 0 Å². The van der Waals surface area contributed by atoms with Gasteiger partial charge < -0.3 is 9.84 Å². The molecule has 2 aromatic rings. The van der Waals surface area contributed by atoms with Gasteiger partial charge >= 0.3 is 5.97 Å². The molecular weight excluding hydrogens is 292 g/mol. The average molecular weight is 310 g/mol. The van der Waals surface area contributed by atoms with Crippen LogP contribution >= 0.6 is 0 Å². The molecular formula is C19H18O4. The molecule has 3 rings (SSSR count). The number of rotatable bonds is 4. The predicted octanol–water partition coefficient (Wildman–Crippen LogP) is 2.85. The molecule has 1 fully saturated rings. The molecule has 2 aromatic carbocycles. The Labute approximate surface area is 134 Å². The van der Waals surface area contributed by atoms with Crippen LogP contribution in [0, 0.1) is 5.92 Å². The summed E-state index contributed by atoms with van der Waals surface area (Å²) in [6, 6.07) is 17.0. The van der Waals surface area contributed by atoms with Gasteiger partial charge in [-0.3, -0.25) is 4.79 Å². The standard InChI is InChI=1S/C19H18O4/c20-12-16-10-11-17(18(16)21)23-19(22)15-8-6-14(7-9-15)13-4-2-1-3-5-13/h1-9,16-17,20H,10-12H2. The molecule has 0 heterocycles. The summed E-state index contributed by atoms with van der Waals surface area (Å²) < 4.78 is 5.29. The number of Topliss-reactive ketones (excluding diaryl/α,β-unsaturated/α-hetero) is 1. The molecule has 118 valence electrons. The molecule has 0 aliphatic heterocycles. The van der Waals surface area contributed by atoms with Crippen molar-refractivity contribution in [1.82, 2.24) is 0 Å². The first-order valence-corrected chi connectivity index (χ1v) is 7.70. The minimum Gasteiger partial charge on any atom is -0.451 e. The molecule has 1 saturated carbocycles. The fraction of sp³-hybridized carbons (Fsp3) is 0.263. The molecule has 0 aromatic heterocycles. The van der Waals surface area contributed by atoms with E-state index in [1.807, 2.05) is 42.5 Å². The van der Waals surface area contributed by atoms with Crippen LogP contribution in [0.15, 0.2) is 54.6 Å². The van der Waals surface area contributed by atoms with Crippen LogP contribution < -0.4 is 0 Å². The molecule has 1 aliphatic carbocycles. The van der Waals surface area contributed by atoms with E-state index in [1.54, 1.807) is 12.1 Å². The molecule has 0 amide bonds. The van der Waals surface area contributed by atoms with E-state index in [4.69, 9.17) is 9.84 Å². The second-order valence-corrected chi connectivity index (χ2v) is 5.70. The summed E-state index contributed by atoms with van der Waals surface area (Å²) in [5.41, 5.74) is 2.51. The highest BCUT2D eigenvalue weighted by Crippen LogP contribution is 2.25. The minimum atomic E-state index is -0.728. The molecule has 2 atom stereocenters. The van der Waals surface area contributed by atoms with Crippen molar-refractivity contribution in [3.05, 3.63) is 60.2 Å². The number of hydrogen-bond acceptors (Lipinski definition) is 4. The first-order chi connectivity index (χ1) is 11.2. The molecule has 0 bridgehead atoms. The van der Waals surface area contributed by atoms with Gasteiger partial charge in [0.1, 0.15) is 0 Å². The Kier molecular flexibility index (Phi) is 4.53. The number of ether oxygens (including phenoxy) is 1. The summed E-state index contributed by atoms with van der Waals surface area (Å²) in [7, 11) is 0. The van der Waals surface area contributed by atoms with Crippen LogP contribution in [0.25, 0.3) is 11.1 Å². The van der Waals surface area contributed by atoms with Gasteiger partial charge in [0.25, 0.3) is 0 Å². The third-order valence-electron chi connectivity index (χ3n) is 4.19. The van der Waals surface area contributed by atoms with Gasteiger partial charge in [0.05, 0.1) is 12.2 Å². The van der Waals surface area contributed by atoms with Crippen LogP contribution in [0.4, 0.5) is 0 Å². The number of esters is 1. The monoisotopic (exact) mass is 310 g/mol. The summed E-state index contributed by atoms with van der Waals surface area (Å²) in [6.07, 6.45) is 0.325. The van der Waals surface area contributed by atoms with Gasteiger partial charge in [0, 0.05) is 5.92 Å². The van der Waals surface area contributed by atoms with Crippen LogP contribution in [0.1, 0.15) is 23.2 Å². The van der Waals surface area contributed by atoms with E-state index in [-0.39, 0.29) is 12.4 Å². The summed E-state index contributed by atoms with van der Waals surface area (Å²) in [5.74, 6) is -1.07. The smallest absolute Gasteiger partial charge is 0.338 e. The summed E-state index contributed by atoms with van der Waals surface area (Å²) in [5, 5.41) is 9.08. The van der Waals surface area contributed by atoms with E-state index in [9.17, 15) is 9.59 Å². The van der Waals surface area contributed by atoms with E-state index >= 15 is 0 Å². The molecule has 0 saturated heterocycles. The van der Waals surface area contributed by atoms with Gasteiger partial charge in [-0.05, 0) is 36.1 Å². The normalized spacial score (nSPS) is 20.5. The van der Waals surface area contributed by atoms with Crippen LogP contribution in [0.2, 0.25) is 0 Å². The number of aliphatic hydroxyl groups excluding tert-OH is 1. The maximum atomic E-state index is 12.2. The summed E-state index contributed by atoms with van der Waals surface area (Å²) in [6.45, 7) is -0.182. The van der Waals surface area contributed by atoms with E-state index in [0.29, 0.717) is 18.4 Å². The van der Waals surface area contributed by atoms with Crippen molar-refractivity contribution in [3.63, 3.8) is 0 Å². The topological polar surface area (TPSA) is 63.6 Å². The van der Waals surface area contributed by atoms with Crippen molar-refractivity contribution < 1.29 is 19.4 Å². The Morgan fingerprint density at radius 2 is 1.65 bits per heavy atom. The largest absolute Gasteiger partial charge is 0.451 e. The van der Waals surface area contributed by atoms with E-state index in [0.717, 1.165) is 11.1 Å². The Morgan fingerprint density at radius 3 is 2.26 bits per heavy atom. The van der Waals surface area contributed by atoms with Crippen LogP contribution in [-0.2, 0) is 9.53 Å². The Balaban J connectivity index is 1.68. The number of hydrogen-bond donors (Lipinski definition) is 1. The van der Waals surface area contributed by atoms with E-state index in [2.05, 4.69) is 0 Å². The zero-order valence-corrected chi connectivity index (χ0v) is 12.6. The quantitative estimate of drug-likeness (QED) is 0.882. The van der Waals surface area contributed by atoms with Gasteiger partial charge in [-0.2, -0.15) is 0 Å². The third kappa shape index (κ3) is 3.32. The molecule has 0 spiro atoms. The molecule has 4 nitrogen and oxygen atoms in total. The van der Waals surface area contributed by atoms with Crippen molar-refractivity contribution in [3.8, 4) is 11.1 Å². The van der Waals surface area contributed by atoms with Crippen molar-refractivity contribution in [2.24, 2.45) is 5.92 Å². The molecule has 4 heteroatoms. The zero-order chi connectivity index (χ0) is 16.2. The lowest BCUT2D eigenvalue weighted by atomic mass is 10.0. The van der Waals surface area contributed by atoms with Crippen molar-refractivity contribution >= 4 is 11.8 Å². The van der Waals surface area contributed by atoms with Crippen LogP contribution in [0.5, 0.6) is 0 Å². The van der Waals surface area contributed by atoms with Gasteiger partial charge in [0.15, 0.2) is 11.9 Å². The first kappa shape index (κ1) is 15.4. The van der Waals surface area contributed by atoms with Crippen molar-refractivity contribution in [2.45, 2.75) is 18.9 Å². The molecule has 2 unspecified atom stereocenters. The van der Waals surface area contributed by atoms with Crippen molar-refractivity contribution in [2.75, 3.05) is 6.61 Å². The molecule has 1 aliphatic rings. The Hall–Kier alpha value is -2.46. The highest BCUT2D eigenvalue weighted by atomic mass is 16.5. The minimum absolute atomic E-state index is 0.179. The number of carbonyl (C=O) groups is 2. The van der Waals surface area contributed by atoms with E-state index < -0.39 is 18.0 Å². The number of ketones is 1. The van der Waals surface area contributed by atoms with Crippen LogP contribution in [-0.4, -0.2) is 29.6 Å². The molecule has 0 radical (unpaired) electrons. The summed E-state index contributed by atoms with van der Waals surface area (Å²) in [4.78, 5) is 24.1. The maximum absolute atomic E-state index is 12.2. The highest BCUT2D eigenvalue weighted by molar-refractivity contribution is 5.94. The number of benzene rings is 2.